The van der Waals surface area contributed by atoms with Crippen LogP contribution < -0.4 is 0 Å². The Morgan fingerprint density at radius 1 is 0.284 bits per heavy atom. The first kappa shape index (κ1) is 68.5. The van der Waals surface area contributed by atoms with Gasteiger partial charge < -0.3 is 14.2 Å². The SMILES string of the molecule is CC/C=C\C/C=C\C/C=C\C/C=C\C/C=C\C/C=C\C/C=C\C/C=C\C/C=C\C/C=C\CCCCC(=O)OCC(COC(=O)CCCCCCC/C=C\CCC)OC(=O)CC/C=C\C/C=C\C/C=C\C/C=C\CC. The highest BCUT2D eigenvalue weighted by Crippen LogP contribution is 2.11. The zero-order valence-electron chi connectivity index (χ0n) is 46.8. The van der Waals surface area contributed by atoms with Gasteiger partial charge in [-0.05, 0) is 141 Å². The quantitative estimate of drug-likeness (QED) is 0.0261. The van der Waals surface area contributed by atoms with Gasteiger partial charge >= 0.3 is 17.9 Å². The number of hydrogen-bond donors (Lipinski definition) is 0. The molecule has 0 rings (SSSR count). The minimum atomic E-state index is -0.846. The van der Waals surface area contributed by atoms with E-state index in [9.17, 15) is 14.4 Å². The molecule has 0 aliphatic heterocycles. The van der Waals surface area contributed by atoms with Gasteiger partial charge in [0.05, 0.1) is 0 Å². The van der Waals surface area contributed by atoms with E-state index in [4.69, 9.17) is 14.2 Å². The molecule has 0 N–H and O–H groups in total. The van der Waals surface area contributed by atoms with E-state index < -0.39 is 12.1 Å². The molecule has 6 nitrogen and oxygen atoms in total. The maximum Gasteiger partial charge on any atom is 0.306 e. The number of carbonyl (C=O) groups is 3. The fourth-order valence-corrected chi connectivity index (χ4v) is 6.90. The summed E-state index contributed by atoms with van der Waals surface area (Å²) in [6.45, 7) is 6.20. The normalized spacial score (nSPS) is 13.5. The minimum absolute atomic E-state index is 0.134. The minimum Gasteiger partial charge on any atom is -0.462 e. The summed E-state index contributed by atoms with van der Waals surface area (Å²) in [7, 11) is 0. The molecule has 0 aromatic heterocycles. The predicted molar refractivity (Wildman–Crippen MR) is 320 cm³/mol. The Hall–Kier alpha value is -5.49. The van der Waals surface area contributed by atoms with Crippen molar-refractivity contribution in [3.63, 3.8) is 0 Å². The Morgan fingerprint density at radius 3 is 0.919 bits per heavy atom. The van der Waals surface area contributed by atoms with Crippen LogP contribution in [-0.4, -0.2) is 37.2 Å². The zero-order chi connectivity index (χ0) is 53.6. The maximum absolute atomic E-state index is 12.7. The molecule has 0 spiro atoms. The topological polar surface area (TPSA) is 78.9 Å². The molecular weight excluding hydrogens is 913 g/mol. The van der Waals surface area contributed by atoms with Crippen molar-refractivity contribution in [3.05, 3.63) is 182 Å². The van der Waals surface area contributed by atoms with Crippen molar-refractivity contribution < 1.29 is 28.6 Å². The molecule has 0 aromatic carbocycles. The number of ether oxygens (including phenoxy) is 3. The summed E-state index contributed by atoms with van der Waals surface area (Å²) in [4.78, 5) is 37.9. The van der Waals surface area contributed by atoms with Crippen LogP contribution in [0.2, 0.25) is 0 Å². The summed E-state index contributed by atoms with van der Waals surface area (Å²) in [5.74, 6) is -1.09. The second-order valence-electron chi connectivity index (χ2n) is 18.1. The van der Waals surface area contributed by atoms with E-state index in [1.165, 1.54) is 12.8 Å². The monoisotopic (exact) mass is 1010 g/mol. The smallest absolute Gasteiger partial charge is 0.306 e. The highest BCUT2D eigenvalue weighted by molar-refractivity contribution is 5.71. The molecule has 1 atom stereocenters. The fraction of sp³-hybridized carbons (Fsp3) is 0.515. The fourth-order valence-electron chi connectivity index (χ4n) is 6.90. The van der Waals surface area contributed by atoms with Crippen LogP contribution in [0.15, 0.2) is 182 Å². The third kappa shape index (κ3) is 57.4. The molecule has 410 valence electrons. The van der Waals surface area contributed by atoms with Gasteiger partial charge in [0.25, 0.3) is 0 Å². The van der Waals surface area contributed by atoms with Gasteiger partial charge in [-0.1, -0.05) is 229 Å². The maximum atomic E-state index is 12.7. The molecule has 1 unspecified atom stereocenters. The van der Waals surface area contributed by atoms with E-state index in [0.717, 1.165) is 141 Å². The van der Waals surface area contributed by atoms with E-state index in [0.29, 0.717) is 19.3 Å². The number of esters is 3. The first-order valence-electron chi connectivity index (χ1n) is 28.8. The van der Waals surface area contributed by atoms with Crippen molar-refractivity contribution in [1.82, 2.24) is 0 Å². The first-order chi connectivity index (χ1) is 36.5. The lowest BCUT2D eigenvalue weighted by Gasteiger charge is -2.18. The van der Waals surface area contributed by atoms with Crippen molar-refractivity contribution in [2.75, 3.05) is 13.2 Å². The van der Waals surface area contributed by atoms with Gasteiger partial charge in [-0.25, -0.2) is 0 Å². The Kier molecular flexibility index (Phi) is 55.6. The van der Waals surface area contributed by atoms with E-state index in [-0.39, 0.29) is 38.0 Å². The van der Waals surface area contributed by atoms with E-state index >= 15 is 0 Å². The summed E-state index contributed by atoms with van der Waals surface area (Å²) in [5.41, 5.74) is 0. The third-order valence-electron chi connectivity index (χ3n) is 11.1. The van der Waals surface area contributed by atoms with Gasteiger partial charge in [0.2, 0.25) is 0 Å². The summed E-state index contributed by atoms with van der Waals surface area (Å²) in [6, 6.07) is 0. The lowest BCUT2D eigenvalue weighted by Crippen LogP contribution is -2.30. The summed E-state index contributed by atoms with van der Waals surface area (Å²) in [6.07, 6.45) is 90.6. The number of rotatable bonds is 49. The molecule has 6 heteroatoms. The molecule has 0 amide bonds. The summed E-state index contributed by atoms with van der Waals surface area (Å²) in [5, 5.41) is 0. The van der Waals surface area contributed by atoms with Crippen LogP contribution in [0.5, 0.6) is 0 Å². The van der Waals surface area contributed by atoms with Crippen molar-refractivity contribution >= 4 is 17.9 Å². The Morgan fingerprint density at radius 2 is 0.554 bits per heavy atom. The summed E-state index contributed by atoms with van der Waals surface area (Å²) >= 11 is 0. The van der Waals surface area contributed by atoms with Gasteiger partial charge in [-0.3, -0.25) is 14.4 Å². The molecule has 0 bridgehead atoms. The highest BCUT2D eigenvalue weighted by Gasteiger charge is 2.19. The van der Waals surface area contributed by atoms with Crippen LogP contribution in [-0.2, 0) is 28.6 Å². The van der Waals surface area contributed by atoms with Crippen LogP contribution in [0.1, 0.15) is 207 Å². The van der Waals surface area contributed by atoms with Crippen molar-refractivity contribution in [1.29, 1.82) is 0 Å². The standard InChI is InChI=1S/C68H102O6/c1-4-7-10-13-16-19-22-24-25-26-27-28-29-30-31-32-33-34-35-36-37-38-39-40-41-42-43-45-46-49-52-55-58-61-67(70)73-64-65(63-72-66(69)60-57-54-51-48-21-18-15-12-9-6-3)74-68(71)62-59-56-53-50-47-44-23-20-17-14-11-8-5-2/h7-8,10-12,15-17,19-20,24-25,27-28,30-31,33-34,36-37,39-40,42-44,46-47,49,53,56,65H,4-6,9,13-14,18,21-23,26,29,32,35,38,41,45,48,50-52,54-55,57-64H2,1-3H3/b10-7-,11-8-,15-12-,19-16-,20-17-,25-24-,28-27-,31-30-,34-33-,37-36-,40-39-,43-42-,47-44-,49-46-,56-53-. The molecule has 0 heterocycles. The second kappa shape index (κ2) is 60.1. The van der Waals surface area contributed by atoms with Crippen molar-refractivity contribution in [2.45, 2.75) is 213 Å². The molecule has 0 radical (unpaired) electrons. The largest absolute Gasteiger partial charge is 0.462 e. The molecule has 0 aromatic rings. The van der Waals surface area contributed by atoms with Gasteiger partial charge in [-0.15, -0.1) is 0 Å². The van der Waals surface area contributed by atoms with Gasteiger partial charge in [-0.2, -0.15) is 0 Å². The Balaban J connectivity index is 4.38. The number of carbonyl (C=O) groups excluding carboxylic acids is 3. The van der Waals surface area contributed by atoms with Gasteiger partial charge in [0.15, 0.2) is 6.10 Å². The van der Waals surface area contributed by atoms with Crippen LogP contribution in [0.3, 0.4) is 0 Å². The van der Waals surface area contributed by atoms with E-state index in [1.807, 2.05) is 12.2 Å². The molecule has 0 aliphatic rings. The number of hydrogen-bond acceptors (Lipinski definition) is 6. The molecule has 0 saturated heterocycles. The van der Waals surface area contributed by atoms with Crippen LogP contribution in [0.25, 0.3) is 0 Å². The van der Waals surface area contributed by atoms with Crippen LogP contribution in [0.4, 0.5) is 0 Å². The lowest BCUT2D eigenvalue weighted by molar-refractivity contribution is -0.166. The number of unbranched alkanes of at least 4 members (excludes halogenated alkanes) is 8. The average Bonchev–Trinajstić information content (AvgIpc) is 3.40. The molecule has 0 saturated carbocycles. The van der Waals surface area contributed by atoms with Gasteiger partial charge in [0.1, 0.15) is 13.2 Å². The van der Waals surface area contributed by atoms with Crippen LogP contribution >= 0.6 is 0 Å². The highest BCUT2D eigenvalue weighted by atomic mass is 16.6. The summed E-state index contributed by atoms with van der Waals surface area (Å²) < 4.78 is 16.7. The number of allylic oxidation sites excluding steroid dienone is 30. The zero-order valence-corrected chi connectivity index (χ0v) is 46.8. The second-order valence-corrected chi connectivity index (χ2v) is 18.1. The average molecular weight is 1020 g/mol. The van der Waals surface area contributed by atoms with E-state index in [2.05, 4.69) is 191 Å². The van der Waals surface area contributed by atoms with Crippen molar-refractivity contribution in [2.24, 2.45) is 0 Å². The Bertz CT molecular complexity index is 1780. The Labute approximate surface area is 453 Å². The first-order valence-corrected chi connectivity index (χ1v) is 28.8. The lowest BCUT2D eigenvalue weighted by atomic mass is 10.1. The molecule has 74 heavy (non-hydrogen) atoms. The predicted octanol–water partition coefficient (Wildman–Crippen LogP) is 19.7. The van der Waals surface area contributed by atoms with Crippen LogP contribution in [0, 0.1) is 0 Å². The van der Waals surface area contributed by atoms with Gasteiger partial charge in [0, 0.05) is 19.3 Å². The molecule has 0 aliphatic carbocycles. The van der Waals surface area contributed by atoms with Crippen molar-refractivity contribution in [3.8, 4) is 0 Å². The molecule has 0 fully saturated rings. The molecular formula is C68H102O6. The van der Waals surface area contributed by atoms with E-state index in [1.54, 1.807) is 0 Å². The third-order valence-corrected chi connectivity index (χ3v) is 11.1.